The summed E-state index contributed by atoms with van der Waals surface area (Å²) in [5.74, 6) is 1.55. The second-order valence-corrected chi connectivity index (χ2v) is 9.66. The molecule has 28 heavy (non-hydrogen) atoms. The van der Waals surface area contributed by atoms with E-state index in [-0.39, 0.29) is 9.92 Å². The van der Waals surface area contributed by atoms with E-state index in [1.54, 1.807) is 26.4 Å². The van der Waals surface area contributed by atoms with Crippen LogP contribution in [0.25, 0.3) is 0 Å². The Kier molecular flexibility index (Phi) is 6.88. The second kappa shape index (κ2) is 9.00. The van der Waals surface area contributed by atoms with Crippen LogP contribution in [-0.2, 0) is 16.6 Å². The van der Waals surface area contributed by atoms with Crippen molar-refractivity contribution >= 4 is 37.6 Å². The van der Waals surface area contributed by atoms with Crippen LogP contribution in [0.15, 0.2) is 45.8 Å². The summed E-state index contributed by atoms with van der Waals surface area (Å²) in [7, 11) is -0.356. The van der Waals surface area contributed by atoms with E-state index in [0.717, 1.165) is 21.5 Å². The maximum Gasteiger partial charge on any atom is 0.244 e. The highest BCUT2D eigenvalue weighted by molar-refractivity contribution is 9.10. The van der Waals surface area contributed by atoms with Crippen molar-refractivity contribution in [3.05, 3.63) is 51.5 Å². The van der Waals surface area contributed by atoms with Gasteiger partial charge in [-0.05, 0) is 36.4 Å². The summed E-state index contributed by atoms with van der Waals surface area (Å²) >= 11 is 9.46. The van der Waals surface area contributed by atoms with Crippen molar-refractivity contribution < 1.29 is 17.9 Å². The van der Waals surface area contributed by atoms with Gasteiger partial charge in [-0.3, -0.25) is 4.90 Å². The van der Waals surface area contributed by atoms with Crippen molar-refractivity contribution in [1.29, 1.82) is 0 Å². The minimum atomic E-state index is -3.62. The molecule has 3 rings (SSSR count). The van der Waals surface area contributed by atoms with Crippen LogP contribution in [0.2, 0.25) is 5.02 Å². The Morgan fingerprint density at radius 3 is 2.36 bits per heavy atom. The lowest BCUT2D eigenvalue weighted by Crippen LogP contribution is -2.48. The molecule has 6 nitrogen and oxygen atoms in total. The van der Waals surface area contributed by atoms with Gasteiger partial charge in [0.2, 0.25) is 10.0 Å². The molecule has 1 aliphatic rings. The van der Waals surface area contributed by atoms with Crippen LogP contribution in [0.5, 0.6) is 11.5 Å². The molecule has 0 unspecified atom stereocenters. The molecule has 0 saturated carbocycles. The summed E-state index contributed by atoms with van der Waals surface area (Å²) in [5.41, 5.74) is 1.01. The van der Waals surface area contributed by atoms with Gasteiger partial charge in [-0.15, -0.1) is 0 Å². The largest absolute Gasteiger partial charge is 0.497 e. The molecule has 1 fully saturated rings. The second-order valence-electron chi connectivity index (χ2n) is 6.43. The number of ether oxygens (including phenoxy) is 2. The van der Waals surface area contributed by atoms with Crippen molar-refractivity contribution in [2.45, 2.75) is 11.4 Å². The molecule has 0 atom stereocenters. The molecule has 9 heteroatoms. The highest BCUT2D eigenvalue weighted by Gasteiger charge is 2.30. The highest BCUT2D eigenvalue weighted by Crippen LogP contribution is 2.29. The Labute approximate surface area is 179 Å². The number of rotatable bonds is 6. The van der Waals surface area contributed by atoms with Crippen LogP contribution in [0.1, 0.15) is 5.56 Å². The molecule has 152 valence electrons. The maximum absolute atomic E-state index is 12.9. The molecule has 0 spiro atoms. The molecule has 0 radical (unpaired) electrons. The van der Waals surface area contributed by atoms with Gasteiger partial charge in [0.05, 0.1) is 19.2 Å². The fourth-order valence-corrected chi connectivity index (χ4v) is 5.63. The SMILES string of the molecule is COc1ccc(OC)c(CN2CCN(S(=O)(=O)c3ccc(Br)cc3Cl)CC2)c1. The van der Waals surface area contributed by atoms with Gasteiger partial charge in [-0.1, -0.05) is 27.5 Å². The molecule has 0 amide bonds. The van der Waals surface area contributed by atoms with Crippen LogP contribution < -0.4 is 9.47 Å². The van der Waals surface area contributed by atoms with Gasteiger partial charge < -0.3 is 9.47 Å². The normalized spacial score (nSPS) is 16.1. The molecular formula is C19H22BrClN2O4S. The zero-order valence-electron chi connectivity index (χ0n) is 15.7. The third kappa shape index (κ3) is 4.63. The Balaban J connectivity index is 1.69. The van der Waals surface area contributed by atoms with Crippen molar-refractivity contribution in [3.8, 4) is 11.5 Å². The third-order valence-corrected chi connectivity index (χ3v) is 7.60. The standard InChI is InChI=1S/C19H22BrClN2O4S/c1-26-16-4-5-18(27-2)14(11-16)13-22-7-9-23(10-8-22)28(24,25)19-6-3-15(20)12-17(19)21/h3-6,11-12H,7-10,13H2,1-2H3. The van der Waals surface area contributed by atoms with Crippen LogP contribution in [-0.4, -0.2) is 58.0 Å². The van der Waals surface area contributed by atoms with Crippen molar-refractivity contribution in [2.24, 2.45) is 0 Å². The Morgan fingerprint density at radius 1 is 1.04 bits per heavy atom. The number of piperazine rings is 1. The average Bonchev–Trinajstić information content (AvgIpc) is 2.68. The van der Waals surface area contributed by atoms with Crippen molar-refractivity contribution in [2.75, 3.05) is 40.4 Å². The minimum Gasteiger partial charge on any atom is -0.497 e. The Bertz CT molecular complexity index is 947. The molecule has 2 aromatic rings. The molecule has 1 saturated heterocycles. The number of methoxy groups -OCH3 is 2. The van der Waals surface area contributed by atoms with E-state index >= 15 is 0 Å². The molecule has 0 aliphatic carbocycles. The maximum atomic E-state index is 12.9. The van der Waals surface area contributed by atoms with Crippen LogP contribution in [0.3, 0.4) is 0 Å². The van der Waals surface area contributed by atoms with E-state index in [1.807, 2.05) is 18.2 Å². The average molecular weight is 490 g/mol. The lowest BCUT2D eigenvalue weighted by molar-refractivity contribution is 0.180. The summed E-state index contributed by atoms with van der Waals surface area (Å²) in [4.78, 5) is 2.34. The van der Waals surface area contributed by atoms with E-state index in [1.165, 1.54) is 10.4 Å². The van der Waals surface area contributed by atoms with Gasteiger partial charge in [-0.25, -0.2) is 8.42 Å². The van der Waals surface area contributed by atoms with Gasteiger partial charge >= 0.3 is 0 Å². The van der Waals surface area contributed by atoms with Gasteiger partial charge in [0.1, 0.15) is 16.4 Å². The predicted octanol–water partition coefficient (Wildman–Crippen LogP) is 3.63. The number of sulfonamides is 1. The fraction of sp³-hybridized carbons (Fsp3) is 0.368. The number of halogens is 2. The monoisotopic (exact) mass is 488 g/mol. The number of hydrogen-bond donors (Lipinski definition) is 0. The summed E-state index contributed by atoms with van der Waals surface area (Å²) in [6.07, 6.45) is 0. The first-order valence-corrected chi connectivity index (χ1v) is 11.3. The van der Waals surface area contributed by atoms with E-state index in [0.29, 0.717) is 32.7 Å². The predicted molar refractivity (Wildman–Crippen MR) is 113 cm³/mol. The molecule has 0 bridgehead atoms. The number of hydrogen-bond acceptors (Lipinski definition) is 5. The van der Waals surface area contributed by atoms with Crippen molar-refractivity contribution in [3.63, 3.8) is 0 Å². The lowest BCUT2D eigenvalue weighted by Gasteiger charge is -2.34. The first-order valence-electron chi connectivity index (χ1n) is 8.73. The Morgan fingerprint density at radius 2 is 1.75 bits per heavy atom. The minimum absolute atomic E-state index is 0.139. The van der Waals surface area contributed by atoms with Gasteiger partial charge in [-0.2, -0.15) is 4.31 Å². The van der Waals surface area contributed by atoms with Crippen LogP contribution >= 0.6 is 27.5 Å². The summed E-state index contributed by atoms with van der Waals surface area (Å²) in [5, 5.41) is 0.220. The molecule has 0 aromatic heterocycles. The molecular weight excluding hydrogens is 468 g/mol. The van der Waals surface area contributed by atoms with Crippen LogP contribution in [0, 0.1) is 0 Å². The van der Waals surface area contributed by atoms with E-state index < -0.39 is 10.0 Å². The molecule has 1 heterocycles. The Hall–Kier alpha value is -1.32. The van der Waals surface area contributed by atoms with Gasteiger partial charge in [0.25, 0.3) is 0 Å². The first-order chi connectivity index (χ1) is 13.3. The number of nitrogens with zero attached hydrogens (tertiary/aromatic N) is 2. The summed E-state index contributed by atoms with van der Waals surface area (Å²) < 4.78 is 38.8. The van der Waals surface area contributed by atoms with Crippen LogP contribution in [0.4, 0.5) is 0 Å². The topological polar surface area (TPSA) is 59.1 Å². The smallest absolute Gasteiger partial charge is 0.244 e. The fourth-order valence-electron chi connectivity index (χ4n) is 3.20. The van der Waals surface area contributed by atoms with Crippen molar-refractivity contribution in [1.82, 2.24) is 9.21 Å². The number of benzene rings is 2. The molecule has 2 aromatic carbocycles. The van der Waals surface area contributed by atoms with Gasteiger partial charge in [0, 0.05) is 42.8 Å². The third-order valence-electron chi connectivity index (χ3n) is 4.72. The summed E-state index contributed by atoms with van der Waals surface area (Å²) in [6, 6.07) is 10.5. The first kappa shape index (κ1) is 21.4. The van der Waals surface area contributed by atoms with E-state index in [4.69, 9.17) is 21.1 Å². The van der Waals surface area contributed by atoms with E-state index in [9.17, 15) is 8.42 Å². The molecule has 1 aliphatic heterocycles. The molecule has 0 N–H and O–H groups in total. The quantitative estimate of drug-likeness (QED) is 0.620. The van der Waals surface area contributed by atoms with E-state index in [2.05, 4.69) is 20.8 Å². The van der Waals surface area contributed by atoms with Gasteiger partial charge in [0.15, 0.2) is 0 Å². The zero-order chi connectivity index (χ0) is 20.3. The zero-order valence-corrected chi connectivity index (χ0v) is 18.8. The lowest BCUT2D eigenvalue weighted by atomic mass is 10.1. The highest BCUT2D eigenvalue weighted by atomic mass is 79.9. The summed E-state index contributed by atoms with van der Waals surface area (Å²) in [6.45, 7) is 2.71.